The van der Waals surface area contributed by atoms with Crippen molar-refractivity contribution in [2.75, 3.05) is 33.5 Å². The second-order valence-corrected chi connectivity index (χ2v) is 8.62. The van der Waals surface area contributed by atoms with Crippen molar-refractivity contribution in [1.29, 1.82) is 0 Å². The van der Waals surface area contributed by atoms with Gasteiger partial charge in [-0.1, -0.05) is 6.07 Å². The quantitative estimate of drug-likeness (QED) is 0.737. The molecule has 1 amide bonds. The first kappa shape index (κ1) is 20.3. The summed E-state index contributed by atoms with van der Waals surface area (Å²) in [6.45, 7) is 4.55. The molecule has 2 aliphatic heterocycles. The average molecular weight is 424 g/mol. The van der Waals surface area contributed by atoms with Crippen LogP contribution in [-0.4, -0.2) is 61.0 Å². The van der Waals surface area contributed by atoms with Crippen molar-refractivity contribution in [3.63, 3.8) is 0 Å². The van der Waals surface area contributed by atoms with Crippen LogP contribution in [0.5, 0.6) is 5.88 Å². The molecule has 0 radical (unpaired) electrons. The third kappa shape index (κ3) is 3.88. The number of rotatable bonds is 5. The third-order valence-electron chi connectivity index (χ3n) is 6.44. The van der Waals surface area contributed by atoms with Gasteiger partial charge in [0, 0.05) is 42.4 Å². The molecule has 3 heterocycles. The normalized spacial score (nSPS) is 20.0. The van der Waals surface area contributed by atoms with Gasteiger partial charge in [-0.3, -0.25) is 9.59 Å². The van der Waals surface area contributed by atoms with Gasteiger partial charge in [0.05, 0.1) is 25.5 Å². The molecule has 31 heavy (non-hydrogen) atoms. The van der Waals surface area contributed by atoms with Gasteiger partial charge in [0.25, 0.3) is 5.91 Å². The summed E-state index contributed by atoms with van der Waals surface area (Å²) in [6.07, 6.45) is 2.82. The van der Waals surface area contributed by atoms with Crippen LogP contribution in [0.1, 0.15) is 34.3 Å². The molecule has 1 aromatic carbocycles. The topological polar surface area (TPSA) is 70.0 Å². The summed E-state index contributed by atoms with van der Waals surface area (Å²) in [4.78, 5) is 27.4. The van der Waals surface area contributed by atoms with Gasteiger partial charge < -0.3 is 23.7 Å². The molecule has 164 valence electrons. The highest BCUT2D eigenvalue weighted by atomic mass is 16.6. The summed E-state index contributed by atoms with van der Waals surface area (Å²) in [5, 5.41) is 0. The van der Waals surface area contributed by atoms with Gasteiger partial charge in [-0.05, 0) is 43.9 Å². The molecular formula is C24H28N2O5. The van der Waals surface area contributed by atoms with Crippen LogP contribution in [0.2, 0.25) is 0 Å². The minimum absolute atomic E-state index is 0.0523. The Morgan fingerprint density at radius 1 is 1.26 bits per heavy atom. The molecule has 2 fully saturated rings. The Morgan fingerprint density at radius 2 is 2.10 bits per heavy atom. The van der Waals surface area contributed by atoms with Gasteiger partial charge in [0.15, 0.2) is 11.3 Å². The molecule has 0 unspecified atom stereocenters. The van der Waals surface area contributed by atoms with Crippen LogP contribution in [0.4, 0.5) is 0 Å². The Bertz CT molecular complexity index is 1070. The number of nitrogens with zero attached hydrogens (tertiary/aromatic N) is 2. The van der Waals surface area contributed by atoms with Gasteiger partial charge in [-0.15, -0.1) is 0 Å². The summed E-state index contributed by atoms with van der Waals surface area (Å²) >= 11 is 0. The van der Waals surface area contributed by atoms with Crippen molar-refractivity contribution >= 4 is 5.91 Å². The molecule has 0 N–H and O–H groups in total. The largest absolute Gasteiger partial charge is 0.476 e. The molecule has 5 rings (SSSR count). The number of pyridine rings is 1. The molecule has 1 aliphatic carbocycles. The fourth-order valence-corrected chi connectivity index (χ4v) is 4.46. The van der Waals surface area contributed by atoms with E-state index in [9.17, 15) is 9.59 Å². The molecule has 0 spiro atoms. The van der Waals surface area contributed by atoms with Crippen LogP contribution in [0, 0.1) is 6.92 Å². The maximum absolute atomic E-state index is 12.8. The first-order valence-electron chi connectivity index (χ1n) is 11.0. The van der Waals surface area contributed by atoms with E-state index < -0.39 is 0 Å². The van der Waals surface area contributed by atoms with E-state index in [0.29, 0.717) is 56.0 Å². The van der Waals surface area contributed by atoms with Crippen molar-refractivity contribution in [3.05, 3.63) is 51.2 Å². The predicted molar refractivity (Wildman–Crippen MR) is 116 cm³/mol. The fourth-order valence-electron chi connectivity index (χ4n) is 4.46. The molecule has 1 aromatic heterocycles. The second kappa shape index (κ2) is 8.13. The van der Waals surface area contributed by atoms with Crippen LogP contribution in [0.25, 0.3) is 11.3 Å². The highest BCUT2D eigenvalue weighted by molar-refractivity contribution is 5.95. The van der Waals surface area contributed by atoms with Gasteiger partial charge in [0.2, 0.25) is 0 Å². The fraction of sp³-hybridized carbons (Fsp3) is 0.500. The van der Waals surface area contributed by atoms with Gasteiger partial charge in [-0.2, -0.15) is 0 Å². The summed E-state index contributed by atoms with van der Waals surface area (Å²) in [6, 6.07) is 7.78. The van der Waals surface area contributed by atoms with Gasteiger partial charge in [0.1, 0.15) is 12.7 Å². The number of hydrogen-bond donors (Lipinski definition) is 0. The maximum atomic E-state index is 12.8. The Kier molecular flexibility index (Phi) is 5.32. The number of benzene rings is 1. The van der Waals surface area contributed by atoms with E-state index in [-0.39, 0.29) is 17.4 Å². The van der Waals surface area contributed by atoms with E-state index >= 15 is 0 Å². The van der Waals surface area contributed by atoms with Crippen molar-refractivity contribution in [2.24, 2.45) is 0 Å². The molecule has 3 aliphatic rings. The number of carbonyl (C=O) groups excluding carboxylic acids is 1. The van der Waals surface area contributed by atoms with Crippen molar-refractivity contribution < 1.29 is 19.0 Å². The first-order chi connectivity index (χ1) is 15.0. The number of carbonyl (C=O) groups is 1. The van der Waals surface area contributed by atoms with Crippen molar-refractivity contribution in [1.82, 2.24) is 9.47 Å². The van der Waals surface area contributed by atoms with E-state index in [1.807, 2.05) is 37.1 Å². The summed E-state index contributed by atoms with van der Waals surface area (Å²) in [5.74, 6) is 0.621. The monoisotopic (exact) mass is 424 g/mol. The Labute approximate surface area is 181 Å². The molecule has 1 atom stereocenters. The Balaban J connectivity index is 1.45. The Hall–Kier alpha value is -2.64. The van der Waals surface area contributed by atoms with Crippen molar-refractivity contribution in [3.8, 4) is 17.1 Å². The van der Waals surface area contributed by atoms with Crippen molar-refractivity contribution in [2.45, 2.75) is 44.9 Å². The lowest BCUT2D eigenvalue weighted by Crippen LogP contribution is -2.34. The van der Waals surface area contributed by atoms with Crippen LogP contribution >= 0.6 is 0 Å². The second-order valence-electron chi connectivity index (χ2n) is 8.62. The summed E-state index contributed by atoms with van der Waals surface area (Å²) in [7, 11) is 1.88. The number of aromatic nitrogens is 1. The van der Waals surface area contributed by atoms with E-state index in [2.05, 4.69) is 4.57 Å². The predicted octanol–water partition coefficient (Wildman–Crippen LogP) is 2.41. The van der Waals surface area contributed by atoms with Gasteiger partial charge in [-0.25, -0.2) is 0 Å². The smallest absolute Gasteiger partial charge is 0.253 e. The van der Waals surface area contributed by atoms with Crippen LogP contribution in [0.3, 0.4) is 0 Å². The third-order valence-corrected chi connectivity index (χ3v) is 6.44. The van der Waals surface area contributed by atoms with Gasteiger partial charge >= 0.3 is 0 Å². The van der Waals surface area contributed by atoms with Crippen LogP contribution < -0.4 is 10.2 Å². The minimum Gasteiger partial charge on any atom is -0.476 e. The molecule has 1 saturated heterocycles. The standard InChI is InChI=1S/C24H28N2O5/c1-15-21(27)12-22(31-14-19-13-29-9-10-30-19)26-8-7-16-11-17(3-6-20(16)23(15)26)24(28)25(2)18-4-5-18/h3,6,11-12,18-19H,4-5,7-10,13-14H2,1-2H3/t19-/m0/s1. The van der Waals surface area contributed by atoms with E-state index in [1.54, 1.807) is 6.07 Å². The number of fused-ring (bicyclic) bond motifs is 3. The minimum atomic E-state index is -0.130. The van der Waals surface area contributed by atoms with E-state index in [0.717, 1.165) is 36.1 Å². The molecule has 1 saturated carbocycles. The molecule has 7 heteroatoms. The molecule has 7 nitrogen and oxygen atoms in total. The molecule has 0 bridgehead atoms. The van der Waals surface area contributed by atoms with E-state index in [1.165, 1.54) is 0 Å². The SMILES string of the molecule is Cc1c2n(c(OC[C@@H]3COCCO3)cc1=O)CCc1cc(C(=O)N(C)C3CC3)ccc1-2. The number of ether oxygens (including phenoxy) is 3. The number of amides is 1. The van der Waals surface area contributed by atoms with Crippen LogP contribution in [0.15, 0.2) is 29.1 Å². The van der Waals surface area contributed by atoms with E-state index in [4.69, 9.17) is 14.2 Å². The zero-order valence-electron chi connectivity index (χ0n) is 18.1. The lowest BCUT2D eigenvalue weighted by atomic mass is 9.92. The van der Waals surface area contributed by atoms with Crippen LogP contribution in [-0.2, 0) is 22.4 Å². The molecular weight excluding hydrogens is 396 g/mol. The molecule has 2 aromatic rings. The summed E-state index contributed by atoms with van der Waals surface area (Å²) in [5.41, 5.74) is 4.32. The summed E-state index contributed by atoms with van der Waals surface area (Å²) < 4.78 is 19.2. The highest BCUT2D eigenvalue weighted by Gasteiger charge is 2.31. The first-order valence-corrected chi connectivity index (χ1v) is 11.0. The zero-order valence-corrected chi connectivity index (χ0v) is 18.1. The maximum Gasteiger partial charge on any atom is 0.253 e. The Morgan fingerprint density at radius 3 is 2.84 bits per heavy atom. The zero-order chi connectivity index (χ0) is 21.5. The number of hydrogen-bond acceptors (Lipinski definition) is 5. The lowest BCUT2D eigenvalue weighted by molar-refractivity contribution is -0.102. The average Bonchev–Trinajstić information content (AvgIpc) is 3.65. The lowest BCUT2D eigenvalue weighted by Gasteiger charge is -2.28. The number of aryl methyl sites for hydroxylation is 1. The highest BCUT2D eigenvalue weighted by Crippen LogP contribution is 2.35.